The van der Waals surface area contributed by atoms with E-state index in [2.05, 4.69) is 26.0 Å². The molecule has 0 saturated carbocycles. The Balaban J connectivity index is 1.76. The predicted octanol–water partition coefficient (Wildman–Crippen LogP) is 3.98. The maximum absolute atomic E-state index is 12.8. The van der Waals surface area contributed by atoms with Crippen LogP contribution in [-0.4, -0.2) is 29.3 Å². The van der Waals surface area contributed by atoms with Gasteiger partial charge in [0, 0.05) is 23.5 Å². The van der Waals surface area contributed by atoms with Gasteiger partial charge in [-0.3, -0.25) is 15.2 Å². The number of sulfonamides is 1. The van der Waals surface area contributed by atoms with Gasteiger partial charge in [-0.15, -0.1) is 0 Å². The summed E-state index contributed by atoms with van der Waals surface area (Å²) in [5, 5.41) is 15.2. The normalized spacial score (nSPS) is 14.3. The number of hydrogen-bond acceptors (Lipinski definition) is 5. The molecule has 29 heavy (non-hydrogen) atoms. The zero-order valence-electron chi connectivity index (χ0n) is 15.7. The molecule has 3 aromatic rings. The summed E-state index contributed by atoms with van der Waals surface area (Å²) in [6.45, 7) is 0. The fraction of sp³-hybridized carbons (Fsp3) is 0.190. The van der Waals surface area contributed by atoms with Crippen molar-refractivity contribution in [3.05, 3.63) is 77.8 Å². The molecule has 0 radical (unpaired) electrons. The standard InChI is InChI=1S/C21H21N5O2S/c22-20(17-13-24-25-14-17)19-11-16(15-7-3-1-4-8-15)12-23-21(19)26-29(27,28)18-9-5-2-6-10-18/h2,5-7,9-14,22H,1,3-4,8H2,(H,23,26)(H,24,25). The van der Waals surface area contributed by atoms with E-state index in [1.54, 1.807) is 30.6 Å². The highest BCUT2D eigenvalue weighted by atomic mass is 32.2. The topological polar surface area (TPSA) is 112 Å². The van der Waals surface area contributed by atoms with Gasteiger partial charge in [0.2, 0.25) is 0 Å². The fourth-order valence-electron chi connectivity index (χ4n) is 3.34. The van der Waals surface area contributed by atoms with Gasteiger partial charge in [0.1, 0.15) is 5.82 Å². The molecular weight excluding hydrogens is 386 g/mol. The first-order valence-electron chi connectivity index (χ1n) is 9.40. The van der Waals surface area contributed by atoms with Crippen LogP contribution in [0.3, 0.4) is 0 Å². The largest absolute Gasteiger partial charge is 0.299 e. The van der Waals surface area contributed by atoms with Gasteiger partial charge in [0.15, 0.2) is 0 Å². The van der Waals surface area contributed by atoms with Crippen LogP contribution in [0.15, 0.2) is 66.0 Å². The van der Waals surface area contributed by atoms with E-state index in [1.165, 1.54) is 30.3 Å². The molecule has 0 fully saturated rings. The van der Waals surface area contributed by atoms with E-state index in [0.717, 1.165) is 24.8 Å². The van der Waals surface area contributed by atoms with Crippen molar-refractivity contribution in [2.45, 2.75) is 30.6 Å². The van der Waals surface area contributed by atoms with Gasteiger partial charge < -0.3 is 0 Å². The number of pyridine rings is 1. The summed E-state index contributed by atoms with van der Waals surface area (Å²) in [7, 11) is -3.82. The van der Waals surface area contributed by atoms with Crippen molar-refractivity contribution in [2.24, 2.45) is 0 Å². The smallest absolute Gasteiger partial charge is 0.263 e. The maximum Gasteiger partial charge on any atom is 0.263 e. The van der Waals surface area contributed by atoms with Gasteiger partial charge in [0.25, 0.3) is 10.0 Å². The molecule has 0 spiro atoms. The molecule has 3 N–H and O–H groups in total. The van der Waals surface area contributed by atoms with Crippen LogP contribution in [-0.2, 0) is 10.0 Å². The number of benzene rings is 1. The first-order chi connectivity index (χ1) is 14.0. The highest BCUT2D eigenvalue weighted by Gasteiger charge is 2.21. The van der Waals surface area contributed by atoms with Crippen LogP contribution in [0.1, 0.15) is 42.4 Å². The Kier molecular flexibility index (Phi) is 5.26. The van der Waals surface area contributed by atoms with Crippen molar-refractivity contribution < 1.29 is 8.42 Å². The van der Waals surface area contributed by atoms with Gasteiger partial charge >= 0.3 is 0 Å². The summed E-state index contributed by atoms with van der Waals surface area (Å²) in [5.41, 5.74) is 3.21. The lowest BCUT2D eigenvalue weighted by molar-refractivity contribution is 0.601. The number of aromatic nitrogens is 3. The van der Waals surface area contributed by atoms with Crippen LogP contribution in [0.25, 0.3) is 5.57 Å². The van der Waals surface area contributed by atoms with Crippen LogP contribution < -0.4 is 4.72 Å². The highest BCUT2D eigenvalue weighted by molar-refractivity contribution is 7.92. The van der Waals surface area contributed by atoms with Crippen molar-refractivity contribution in [1.82, 2.24) is 15.2 Å². The Morgan fingerprint density at radius 1 is 1.14 bits per heavy atom. The Morgan fingerprint density at radius 3 is 2.66 bits per heavy atom. The van der Waals surface area contributed by atoms with Crippen LogP contribution >= 0.6 is 0 Å². The number of hydrogen-bond donors (Lipinski definition) is 3. The van der Waals surface area contributed by atoms with E-state index in [0.29, 0.717) is 11.1 Å². The summed E-state index contributed by atoms with van der Waals surface area (Å²) < 4.78 is 28.1. The minimum atomic E-state index is -3.82. The molecule has 4 rings (SSSR count). The van der Waals surface area contributed by atoms with Gasteiger partial charge in [-0.05, 0) is 55.0 Å². The molecule has 0 amide bonds. The third kappa shape index (κ3) is 4.12. The third-order valence-corrected chi connectivity index (χ3v) is 6.25. The van der Waals surface area contributed by atoms with Crippen LogP contribution in [0.5, 0.6) is 0 Å². The first-order valence-corrected chi connectivity index (χ1v) is 10.9. The summed E-state index contributed by atoms with van der Waals surface area (Å²) in [4.78, 5) is 4.53. The molecule has 7 nitrogen and oxygen atoms in total. The molecule has 0 aliphatic heterocycles. The van der Waals surface area contributed by atoms with Gasteiger partial charge in [0.05, 0.1) is 16.8 Å². The molecule has 0 atom stereocenters. The number of rotatable bonds is 6. The minimum absolute atomic E-state index is 0.125. The quantitative estimate of drug-likeness (QED) is 0.537. The van der Waals surface area contributed by atoms with E-state index in [1.807, 2.05) is 6.07 Å². The van der Waals surface area contributed by atoms with Crippen molar-refractivity contribution in [1.29, 1.82) is 5.41 Å². The predicted molar refractivity (Wildman–Crippen MR) is 112 cm³/mol. The molecule has 148 valence electrons. The number of H-pyrrole nitrogens is 1. The average Bonchev–Trinajstić information content (AvgIpc) is 3.29. The van der Waals surface area contributed by atoms with Gasteiger partial charge in [-0.2, -0.15) is 5.10 Å². The van der Waals surface area contributed by atoms with Crippen LogP contribution in [0.2, 0.25) is 0 Å². The summed E-state index contributed by atoms with van der Waals surface area (Å²) in [6.07, 6.45) is 11.3. The van der Waals surface area contributed by atoms with E-state index in [9.17, 15) is 8.42 Å². The lowest BCUT2D eigenvalue weighted by atomic mass is 9.93. The fourth-order valence-corrected chi connectivity index (χ4v) is 4.39. The molecule has 1 aromatic carbocycles. The lowest BCUT2D eigenvalue weighted by Gasteiger charge is -2.16. The number of nitrogens with one attached hydrogen (secondary N) is 3. The molecule has 1 aliphatic rings. The van der Waals surface area contributed by atoms with Gasteiger partial charge in [-0.1, -0.05) is 24.3 Å². The van der Waals surface area contributed by atoms with Crippen LogP contribution in [0.4, 0.5) is 5.82 Å². The summed E-state index contributed by atoms with van der Waals surface area (Å²) >= 11 is 0. The second kappa shape index (κ2) is 8.00. The monoisotopic (exact) mass is 407 g/mol. The molecule has 2 heterocycles. The number of allylic oxidation sites excluding steroid dienone is 2. The number of aromatic amines is 1. The molecular formula is C21H21N5O2S. The Morgan fingerprint density at radius 2 is 1.97 bits per heavy atom. The van der Waals surface area contributed by atoms with E-state index in [4.69, 9.17) is 5.41 Å². The first kappa shape index (κ1) is 19.1. The number of anilines is 1. The van der Waals surface area contributed by atoms with Gasteiger partial charge in [-0.25, -0.2) is 13.4 Å². The van der Waals surface area contributed by atoms with Crippen molar-refractivity contribution in [2.75, 3.05) is 4.72 Å². The second-order valence-corrected chi connectivity index (χ2v) is 8.56. The van der Waals surface area contributed by atoms with Crippen molar-refractivity contribution >= 4 is 27.1 Å². The number of nitrogens with zero attached hydrogens (tertiary/aromatic N) is 2. The third-order valence-electron chi connectivity index (χ3n) is 4.89. The average molecular weight is 407 g/mol. The molecule has 0 bridgehead atoms. The maximum atomic E-state index is 12.8. The molecule has 2 aromatic heterocycles. The lowest BCUT2D eigenvalue weighted by Crippen LogP contribution is -2.17. The summed E-state index contributed by atoms with van der Waals surface area (Å²) in [5.74, 6) is 0.125. The summed E-state index contributed by atoms with van der Waals surface area (Å²) in [6, 6.07) is 9.95. The van der Waals surface area contributed by atoms with Crippen LogP contribution in [0, 0.1) is 5.41 Å². The van der Waals surface area contributed by atoms with E-state index >= 15 is 0 Å². The molecule has 1 aliphatic carbocycles. The Hall–Kier alpha value is -3.26. The highest BCUT2D eigenvalue weighted by Crippen LogP contribution is 2.29. The minimum Gasteiger partial charge on any atom is -0.299 e. The Bertz CT molecular complexity index is 1150. The molecule has 8 heteroatoms. The molecule has 0 saturated heterocycles. The van der Waals surface area contributed by atoms with E-state index in [-0.39, 0.29) is 16.4 Å². The van der Waals surface area contributed by atoms with Crippen molar-refractivity contribution in [3.63, 3.8) is 0 Å². The second-order valence-electron chi connectivity index (χ2n) is 6.88. The van der Waals surface area contributed by atoms with Crippen molar-refractivity contribution in [3.8, 4) is 0 Å². The SMILES string of the molecule is N=C(c1cn[nH]c1)c1cc(C2=CCCCC2)cnc1NS(=O)(=O)c1ccccc1. The molecule has 0 unspecified atom stereocenters. The zero-order valence-corrected chi connectivity index (χ0v) is 16.5. The van der Waals surface area contributed by atoms with E-state index < -0.39 is 10.0 Å². The Labute approximate surface area is 169 Å². The zero-order chi connectivity index (χ0) is 20.3.